The van der Waals surface area contributed by atoms with Gasteiger partial charge >= 0.3 is 5.97 Å². The molecule has 0 N–H and O–H groups in total. The predicted octanol–water partition coefficient (Wildman–Crippen LogP) is -0.186. The second kappa shape index (κ2) is 7.60. The summed E-state index contributed by atoms with van der Waals surface area (Å²) in [5.41, 5.74) is 0. The summed E-state index contributed by atoms with van der Waals surface area (Å²) in [6, 6.07) is 0. The van der Waals surface area contributed by atoms with Crippen LogP contribution in [0, 0.1) is 0 Å². The fourth-order valence-electron chi connectivity index (χ4n) is 1.63. The number of ether oxygens (including phenoxy) is 2. The van der Waals surface area contributed by atoms with Crippen LogP contribution in [0.25, 0.3) is 0 Å². The minimum absolute atomic E-state index is 0.141. The number of carbonyl (C=O) groups excluding carboxylic acids is 1. The van der Waals surface area contributed by atoms with Gasteiger partial charge in [0.25, 0.3) is 0 Å². The van der Waals surface area contributed by atoms with Crippen LogP contribution in [-0.4, -0.2) is 75.9 Å². The molecule has 16 heavy (non-hydrogen) atoms. The van der Waals surface area contributed by atoms with E-state index < -0.39 is 0 Å². The quantitative estimate of drug-likeness (QED) is 0.592. The lowest BCUT2D eigenvalue weighted by Crippen LogP contribution is -2.41. The average molecular weight is 230 g/mol. The van der Waals surface area contributed by atoms with Gasteiger partial charge in [0.1, 0.15) is 0 Å². The maximum absolute atomic E-state index is 10.9. The van der Waals surface area contributed by atoms with Crippen molar-refractivity contribution in [1.29, 1.82) is 0 Å². The molecule has 0 unspecified atom stereocenters. The molecule has 0 bridgehead atoms. The lowest BCUT2D eigenvalue weighted by molar-refractivity contribution is -0.140. The van der Waals surface area contributed by atoms with Crippen LogP contribution in [0.5, 0.6) is 0 Å². The van der Waals surface area contributed by atoms with Crippen molar-refractivity contribution in [2.75, 3.05) is 60.1 Å². The molecule has 94 valence electrons. The zero-order valence-corrected chi connectivity index (χ0v) is 10.3. The number of hydrogen-bond acceptors (Lipinski definition) is 5. The molecule has 1 aliphatic heterocycles. The smallest absolute Gasteiger partial charge is 0.306 e. The summed E-state index contributed by atoms with van der Waals surface area (Å²) in [7, 11) is 3.46. The summed E-state index contributed by atoms with van der Waals surface area (Å²) in [4.78, 5) is 15.5. The first-order valence-electron chi connectivity index (χ1n) is 5.78. The molecule has 0 amide bonds. The normalized spacial score (nSPS) is 17.7. The lowest BCUT2D eigenvalue weighted by atomic mass is 10.3. The summed E-state index contributed by atoms with van der Waals surface area (Å²) >= 11 is 0. The summed E-state index contributed by atoms with van der Waals surface area (Å²) in [5.74, 6) is -0.141. The molecule has 0 aromatic heterocycles. The highest BCUT2D eigenvalue weighted by molar-refractivity contribution is 5.69. The Bertz CT molecular complexity index is 205. The van der Waals surface area contributed by atoms with E-state index in [4.69, 9.17) is 4.74 Å². The van der Waals surface area contributed by atoms with Crippen molar-refractivity contribution in [2.24, 2.45) is 0 Å². The fraction of sp³-hybridized carbons (Fsp3) is 0.909. The van der Waals surface area contributed by atoms with Gasteiger partial charge in [0.15, 0.2) is 0 Å². The molecular formula is C11H22N2O3. The van der Waals surface area contributed by atoms with E-state index in [1.807, 2.05) is 7.05 Å². The standard InChI is InChI=1S/C11H22N2O3/c1-12(4-3-11(14)15-2)5-6-13-7-9-16-10-8-13/h3-10H2,1-2H3. The van der Waals surface area contributed by atoms with Gasteiger partial charge in [-0.25, -0.2) is 0 Å². The van der Waals surface area contributed by atoms with Gasteiger partial charge in [-0.15, -0.1) is 0 Å². The van der Waals surface area contributed by atoms with E-state index in [1.165, 1.54) is 7.11 Å². The van der Waals surface area contributed by atoms with Crippen molar-refractivity contribution in [2.45, 2.75) is 6.42 Å². The molecular weight excluding hydrogens is 208 g/mol. The van der Waals surface area contributed by atoms with Crippen LogP contribution < -0.4 is 0 Å². The molecule has 0 radical (unpaired) electrons. The average Bonchev–Trinajstić information content (AvgIpc) is 2.34. The summed E-state index contributed by atoms with van der Waals surface area (Å²) in [6.45, 7) is 6.50. The molecule has 1 saturated heterocycles. The van der Waals surface area contributed by atoms with Crippen molar-refractivity contribution in [3.8, 4) is 0 Å². The Morgan fingerprint density at radius 3 is 2.69 bits per heavy atom. The number of likely N-dealkylation sites (N-methyl/N-ethyl adjacent to an activating group) is 1. The van der Waals surface area contributed by atoms with Crippen LogP contribution in [0.15, 0.2) is 0 Å². The maximum atomic E-state index is 10.9. The highest BCUT2D eigenvalue weighted by atomic mass is 16.5. The highest BCUT2D eigenvalue weighted by Crippen LogP contribution is 1.97. The SMILES string of the molecule is COC(=O)CCN(C)CCN1CCOCC1. The molecule has 1 heterocycles. The molecule has 0 saturated carbocycles. The number of methoxy groups -OCH3 is 1. The van der Waals surface area contributed by atoms with E-state index in [-0.39, 0.29) is 5.97 Å². The third-order valence-electron chi connectivity index (χ3n) is 2.83. The molecule has 5 nitrogen and oxygen atoms in total. The molecule has 0 aliphatic carbocycles. The summed E-state index contributed by atoms with van der Waals surface area (Å²) < 4.78 is 9.89. The minimum atomic E-state index is -0.141. The topological polar surface area (TPSA) is 42.0 Å². The largest absolute Gasteiger partial charge is 0.469 e. The van der Waals surface area contributed by atoms with E-state index in [1.54, 1.807) is 0 Å². The van der Waals surface area contributed by atoms with Crippen molar-refractivity contribution in [3.05, 3.63) is 0 Å². The van der Waals surface area contributed by atoms with E-state index >= 15 is 0 Å². The summed E-state index contributed by atoms with van der Waals surface area (Å²) in [5, 5.41) is 0. The van der Waals surface area contributed by atoms with Gasteiger partial charge in [-0.3, -0.25) is 9.69 Å². The van der Waals surface area contributed by atoms with Gasteiger partial charge in [-0.1, -0.05) is 0 Å². The van der Waals surface area contributed by atoms with Crippen LogP contribution in [-0.2, 0) is 14.3 Å². The number of nitrogens with zero attached hydrogens (tertiary/aromatic N) is 2. The van der Waals surface area contributed by atoms with Gasteiger partial charge in [-0.2, -0.15) is 0 Å². The molecule has 0 aromatic carbocycles. The number of carbonyl (C=O) groups is 1. The maximum Gasteiger partial charge on any atom is 0.306 e. The second-order valence-corrected chi connectivity index (χ2v) is 4.08. The van der Waals surface area contributed by atoms with Crippen LogP contribution in [0.2, 0.25) is 0 Å². The van der Waals surface area contributed by atoms with Crippen molar-refractivity contribution < 1.29 is 14.3 Å². The predicted molar refractivity (Wildman–Crippen MR) is 61.4 cm³/mol. The second-order valence-electron chi connectivity index (χ2n) is 4.08. The van der Waals surface area contributed by atoms with Crippen molar-refractivity contribution >= 4 is 5.97 Å². The Kier molecular flexibility index (Phi) is 6.37. The zero-order valence-electron chi connectivity index (χ0n) is 10.3. The first-order valence-corrected chi connectivity index (χ1v) is 5.78. The van der Waals surface area contributed by atoms with Crippen molar-refractivity contribution in [3.63, 3.8) is 0 Å². The number of hydrogen-bond donors (Lipinski definition) is 0. The van der Waals surface area contributed by atoms with Gasteiger partial charge in [0.05, 0.1) is 26.7 Å². The molecule has 1 rings (SSSR count). The van der Waals surface area contributed by atoms with Crippen LogP contribution in [0.1, 0.15) is 6.42 Å². The highest BCUT2D eigenvalue weighted by Gasteiger charge is 2.11. The molecule has 0 spiro atoms. The Hall–Kier alpha value is -0.650. The van der Waals surface area contributed by atoms with Gasteiger partial charge in [0.2, 0.25) is 0 Å². The minimum Gasteiger partial charge on any atom is -0.469 e. The molecule has 0 atom stereocenters. The Morgan fingerprint density at radius 2 is 2.06 bits per heavy atom. The fourth-order valence-corrected chi connectivity index (χ4v) is 1.63. The van der Waals surface area contributed by atoms with E-state index in [9.17, 15) is 4.79 Å². The summed E-state index contributed by atoms with van der Waals surface area (Å²) in [6.07, 6.45) is 0.468. The number of rotatable bonds is 6. The number of morpholine rings is 1. The lowest BCUT2D eigenvalue weighted by Gasteiger charge is -2.28. The molecule has 1 aliphatic rings. The monoisotopic (exact) mass is 230 g/mol. The van der Waals surface area contributed by atoms with E-state index in [0.29, 0.717) is 6.42 Å². The van der Waals surface area contributed by atoms with E-state index in [2.05, 4.69) is 14.5 Å². The first-order chi connectivity index (χ1) is 7.72. The zero-order chi connectivity index (χ0) is 11.8. The van der Waals surface area contributed by atoms with Gasteiger partial charge in [-0.05, 0) is 7.05 Å². The Labute approximate surface area is 97.3 Å². The van der Waals surface area contributed by atoms with Crippen LogP contribution >= 0.6 is 0 Å². The molecule has 5 heteroatoms. The van der Waals surface area contributed by atoms with Crippen LogP contribution in [0.3, 0.4) is 0 Å². The molecule has 0 aromatic rings. The Morgan fingerprint density at radius 1 is 1.38 bits per heavy atom. The third-order valence-corrected chi connectivity index (χ3v) is 2.83. The van der Waals surface area contributed by atoms with Crippen molar-refractivity contribution in [1.82, 2.24) is 9.80 Å². The number of esters is 1. The third kappa shape index (κ3) is 5.44. The van der Waals surface area contributed by atoms with E-state index in [0.717, 1.165) is 45.9 Å². The van der Waals surface area contributed by atoms with Crippen LogP contribution in [0.4, 0.5) is 0 Å². The first kappa shape index (κ1) is 13.4. The van der Waals surface area contributed by atoms with Gasteiger partial charge < -0.3 is 14.4 Å². The Balaban J connectivity index is 2.04. The van der Waals surface area contributed by atoms with Gasteiger partial charge in [0, 0.05) is 32.7 Å². The molecule has 1 fully saturated rings.